The summed E-state index contributed by atoms with van der Waals surface area (Å²) in [6, 6.07) is -0.439. The lowest BCUT2D eigenvalue weighted by molar-refractivity contribution is -0.163. The van der Waals surface area contributed by atoms with E-state index in [0.29, 0.717) is 19.0 Å². The summed E-state index contributed by atoms with van der Waals surface area (Å²) in [6.45, 7) is 7.95. The van der Waals surface area contributed by atoms with Crippen LogP contribution in [0.15, 0.2) is 0 Å². The minimum atomic E-state index is -0.439. The topological polar surface area (TPSA) is 72.6 Å². The Morgan fingerprint density at radius 1 is 1.23 bits per heavy atom. The van der Waals surface area contributed by atoms with Gasteiger partial charge < -0.3 is 15.4 Å². The van der Waals surface area contributed by atoms with Crippen LogP contribution in [0.2, 0.25) is 0 Å². The Labute approximate surface area is 132 Å². The lowest BCUT2D eigenvalue weighted by atomic mass is 9.70. The van der Waals surface area contributed by atoms with Crippen LogP contribution in [0.5, 0.6) is 0 Å². The third kappa shape index (κ3) is 2.20. The Bertz CT molecular complexity index is 490. The normalized spacial score (nSPS) is 39.8. The van der Waals surface area contributed by atoms with Gasteiger partial charge in [0.1, 0.15) is 6.10 Å². The predicted molar refractivity (Wildman–Crippen MR) is 83.0 cm³/mol. The first-order valence-electron chi connectivity index (χ1n) is 8.50. The van der Waals surface area contributed by atoms with Gasteiger partial charge in [-0.25, -0.2) is 4.79 Å². The van der Waals surface area contributed by atoms with Crippen molar-refractivity contribution in [3.8, 4) is 0 Å². The summed E-state index contributed by atoms with van der Waals surface area (Å²) in [5.74, 6) is 0.302. The monoisotopic (exact) mass is 308 g/mol. The molecule has 5 heteroatoms. The molecular weight excluding hydrogens is 280 g/mol. The summed E-state index contributed by atoms with van der Waals surface area (Å²) in [5, 5.41) is 0. The number of ether oxygens (including phenoxy) is 1. The molecule has 0 spiro atoms. The zero-order valence-electron chi connectivity index (χ0n) is 13.9. The van der Waals surface area contributed by atoms with Crippen LogP contribution in [0.3, 0.4) is 0 Å². The minimum Gasteiger partial charge on any atom is -0.461 e. The zero-order valence-corrected chi connectivity index (χ0v) is 13.9. The van der Waals surface area contributed by atoms with Crippen molar-refractivity contribution in [2.24, 2.45) is 28.4 Å². The molecule has 1 aliphatic heterocycles. The highest BCUT2D eigenvalue weighted by Crippen LogP contribution is 2.66. The fourth-order valence-corrected chi connectivity index (χ4v) is 4.91. The number of nitrogens with two attached hydrogens (primary N) is 1. The van der Waals surface area contributed by atoms with Crippen LogP contribution in [0, 0.1) is 22.7 Å². The van der Waals surface area contributed by atoms with Gasteiger partial charge in [0.05, 0.1) is 5.92 Å². The molecule has 0 aromatic carbocycles. The van der Waals surface area contributed by atoms with E-state index >= 15 is 0 Å². The van der Waals surface area contributed by atoms with Gasteiger partial charge >= 0.3 is 12.0 Å². The predicted octanol–water partition coefficient (Wildman–Crippen LogP) is 2.54. The Hall–Kier alpha value is -1.26. The van der Waals surface area contributed by atoms with Gasteiger partial charge in [0, 0.05) is 18.5 Å². The number of hydrogen-bond donors (Lipinski definition) is 1. The lowest BCUT2D eigenvalue weighted by Crippen LogP contribution is -2.46. The number of piperidine rings is 1. The number of urea groups is 1. The van der Waals surface area contributed by atoms with E-state index in [-0.39, 0.29) is 28.8 Å². The second-order valence-corrected chi connectivity index (χ2v) is 8.16. The Morgan fingerprint density at radius 2 is 1.95 bits per heavy atom. The summed E-state index contributed by atoms with van der Waals surface area (Å²) in [6.07, 6.45) is 5.01. The van der Waals surface area contributed by atoms with Gasteiger partial charge in [-0.05, 0) is 43.4 Å². The van der Waals surface area contributed by atoms with Crippen LogP contribution in [-0.4, -0.2) is 36.1 Å². The number of amides is 2. The Balaban J connectivity index is 1.64. The van der Waals surface area contributed by atoms with Crippen LogP contribution in [0.4, 0.5) is 4.79 Å². The van der Waals surface area contributed by atoms with E-state index in [0.717, 1.165) is 25.7 Å². The number of rotatable bonds is 2. The van der Waals surface area contributed by atoms with Gasteiger partial charge in [0.15, 0.2) is 0 Å². The summed E-state index contributed by atoms with van der Waals surface area (Å²) in [7, 11) is 0. The summed E-state index contributed by atoms with van der Waals surface area (Å²) in [5.41, 5.74) is 5.66. The third-order valence-corrected chi connectivity index (χ3v) is 7.04. The molecule has 2 bridgehead atoms. The fourth-order valence-electron chi connectivity index (χ4n) is 4.91. The molecule has 3 fully saturated rings. The van der Waals surface area contributed by atoms with Gasteiger partial charge in [-0.3, -0.25) is 4.79 Å². The van der Waals surface area contributed by atoms with Crippen molar-refractivity contribution in [2.45, 2.75) is 59.0 Å². The number of esters is 1. The number of likely N-dealkylation sites (tertiary alicyclic amines) is 1. The maximum Gasteiger partial charge on any atom is 0.314 e. The number of hydrogen-bond acceptors (Lipinski definition) is 3. The van der Waals surface area contributed by atoms with Crippen molar-refractivity contribution in [1.29, 1.82) is 0 Å². The molecule has 124 valence electrons. The van der Waals surface area contributed by atoms with E-state index in [1.807, 2.05) is 0 Å². The molecule has 0 aromatic heterocycles. The first kappa shape index (κ1) is 15.6. The Kier molecular flexibility index (Phi) is 3.65. The maximum absolute atomic E-state index is 12.6. The van der Waals surface area contributed by atoms with Crippen molar-refractivity contribution in [3.05, 3.63) is 0 Å². The first-order chi connectivity index (χ1) is 10.3. The number of primary amides is 1. The molecule has 2 amide bonds. The molecule has 22 heavy (non-hydrogen) atoms. The molecule has 2 N–H and O–H groups in total. The van der Waals surface area contributed by atoms with Crippen molar-refractivity contribution < 1.29 is 14.3 Å². The fraction of sp³-hybridized carbons (Fsp3) is 0.882. The zero-order chi connectivity index (χ0) is 16.1. The second-order valence-electron chi connectivity index (χ2n) is 8.16. The quantitative estimate of drug-likeness (QED) is 0.797. The smallest absolute Gasteiger partial charge is 0.314 e. The van der Waals surface area contributed by atoms with Gasteiger partial charge in [-0.2, -0.15) is 0 Å². The van der Waals surface area contributed by atoms with Crippen LogP contribution < -0.4 is 5.73 Å². The molecule has 1 saturated heterocycles. The third-order valence-electron chi connectivity index (χ3n) is 7.04. The van der Waals surface area contributed by atoms with Gasteiger partial charge in [0.2, 0.25) is 0 Å². The highest BCUT2D eigenvalue weighted by atomic mass is 16.5. The van der Waals surface area contributed by atoms with E-state index in [1.165, 1.54) is 6.42 Å². The molecule has 2 aliphatic carbocycles. The van der Waals surface area contributed by atoms with E-state index in [1.54, 1.807) is 4.90 Å². The molecule has 3 aliphatic rings. The molecule has 0 radical (unpaired) electrons. The highest BCUT2D eigenvalue weighted by Gasteiger charge is 2.63. The van der Waals surface area contributed by atoms with Crippen molar-refractivity contribution in [1.82, 2.24) is 4.90 Å². The van der Waals surface area contributed by atoms with E-state index in [9.17, 15) is 9.59 Å². The molecule has 1 unspecified atom stereocenters. The van der Waals surface area contributed by atoms with E-state index in [4.69, 9.17) is 10.5 Å². The SMILES string of the molecule is CC1(C)[C@H]2CC[C@]1(C)[C@H](OC(=O)C1CCCN(C(N)=O)C1)C2. The number of carbonyl (C=O) groups is 2. The molecule has 4 atom stereocenters. The first-order valence-corrected chi connectivity index (χ1v) is 8.50. The number of fused-ring (bicyclic) bond motifs is 2. The van der Waals surface area contributed by atoms with Crippen molar-refractivity contribution in [2.75, 3.05) is 13.1 Å². The molecule has 3 rings (SSSR count). The lowest BCUT2D eigenvalue weighted by Gasteiger charge is -2.39. The molecule has 2 saturated carbocycles. The summed E-state index contributed by atoms with van der Waals surface area (Å²) < 4.78 is 5.93. The van der Waals surface area contributed by atoms with Crippen molar-refractivity contribution >= 4 is 12.0 Å². The molecular formula is C17H28N2O3. The van der Waals surface area contributed by atoms with Crippen LogP contribution in [-0.2, 0) is 9.53 Å². The van der Waals surface area contributed by atoms with E-state index in [2.05, 4.69) is 20.8 Å². The van der Waals surface area contributed by atoms with E-state index < -0.39 is 6.03 Å². The standard InChI is InChI=1S/C17H28N2O3/c1-16(2)12-6-7-17(16,3)13(9-12)22-14(20)11-5-4-8-19(10-11)15(18)21/h11-13H,4-10H2,1-3H3,(H2,18,21)/t11?,12-,13+,17+/m0/s1. The largest absolute Gasteiger partial charge is 0.461 e. The van der Waals surface area contributed by atoms with Crippen molar-refractivity contribution in [3.63, 3.8) is 0 Å². The minimum absolute atomic E-state index is 0.0257. The molecule has 5 nitrogen and oxygen atoms in total. The highest BCUT2D eigenvalue weighted by molar-refractivity contribution is 5.76. The van der Waals surface area contributed by atoms with Gasteiger partial charge in [-0.15, -0.1) is 0 Å². The van der Waals surface area contributed by atoms with Gasteiger partial charge in [-0.1, -0.05) is 20.8 Å². The molecule has 0 aromatic rings. The Morgan fingerprint density at radius 3 is 2.50 bits per heavy atom. The van der Waals surface area contributed by atoms with Crippen LogP contribution in [0.25, 0.3) is 0 Å². The van der Waals surface area contributed by atoms with Gasteiger partial charge in [0.25, 0.3) is 0 Å². The maximum atomic E-state index is 12.6. The average molecular weight is 308 g/mol. The number of nitrogens with zero attached hydrogens (tertiary/aromatic N) is 1. The second kappa shape index (κ2) is 5.14. The number of carbonyl (C=O) groups excluding carboxylic acids is 2. The molecule has 1 heterocycles. The van der Waals surface area contributed by atoms with Crippen LogP contribution in [0.1, 0.15) is 52.9 Å². The summed E-state index contributed by atoms with van der Waals surface area (Å²) in [4.78, 5) is 25.4. The summed E-state index contributed by atoms with van der Waals surface area (Å²) >= 11 is 0. The average Bonchev–Trinajstić information content (AvgIpc) is 2.80. The van der Waals surface area contributed by atoms with Crippen LogP contribution >= 0.6 is 0 Å².